The first-order chi connectivity index (χ1) is 10.3. The Balaban J connectivity index is 1.66. The van der Waals surface area contributed by atoms with Gasteiger partial charge in [-0.15, -0.1) is 0 Å². The average molecular weight is 338 g/mol. The highest BCUT2D eigenvalue weighted by molar-refractivity contribution is 9.10. The minimum absolute atomic E-state index is 0.831. The zero-order chi connectivity index (χ0) is 14.5. The van der Waals surface area contributed by atoms with Gasteiger partial charge in [0.1, 0.15) is 0 Å². The molecular formula is C19H16BrN. The van der Waals surface area contributed by atoms with Crippen LogP contribution in [0.25, 0.3) is 11.1 Å². The molecule has 0 spiro atoms. The number of rotatable bonds is 4. The quantitative estimate of drug-likeness (QED) is 0.641. The molecule has 0 aliphatic rings. The first-order valence-electron chi connectivity index (χ1n) is 6.95. The second-order valence-electron chi connectivity index (χ2n) is 4.92. The highest BCUT2D eigenvalue weighted by atomic mass is 79.9. The molecule has 21 heavy (non-hydrogen) atoms. The fourth-order valence-electron chi connectivity index (χ4n) is 2.22. The topological polar surface area (TPSA) is 12.0 Å². The van der Waals surface area contributed by atoms with Crippen molar-refractivity contribution in [1.82, 2.24) is 0 Å². The van der Waals surface area contributed by atoms with Crippen LogP contribution in [0.3, 0.4) is 0 Å². The van der Waals surface area contributed by atoms with Crippen LogP contribution < -0.4 is 5.32 Å². The molecule has 0 aliphatic carbocycles. The Morgan fingerprint density at radius 2 is 1.29 bits per heavy atom. The van der Waals surface area contributed by atoms with Gasteiger partial charge in [0.25, 0.3) is 0 Å². The Kier molecular flexibility index (Phi) is 4.37. The van der Waals surface area contributed by atoms with E-state index in [9.17, 15) is 0 Å². The summed E-state index contributed by atoms with van der Waals surface area (Å²) >= 11 is 3.45. The number of halogens is 1. The molecule has 3 aromatic rings. The van der Waals surface area contributed by atoms with Gasteiger partial charge < -0.3 is 5.32 Å². The summed E-state index contributed by atoms with van der Waals surface area (Å²) in [4.78, 5) is 0. The SMILES string of the molecule is Brc1ccc(CNc2ccc(-c3ccccc3)cc2)cc1. The van der Waals surface area contributed by atoms with Gasteiger partial charge in [0.05, 0.1) is 0 Å². The normalized spacial score (nSPS) is 10.3. The minimum atomic E-state index is 0.831. The monoisotopic (exact) mass is 337 g/mol. The molecule has 0 aliphatic heterocycles. The number of hydrogen-bond acceptors (Lipinski definition) is 1. The predicted octanol–water partition coefficient (Wildman–Crippen LogP) is 5.73. The lowest BCUT2D eigenvalue weighted by atomic mass is 10.1. The van der Waals surface area contributed by atoms with Crippen LogP contribution >= 0.6 is 15.9 Å². The molecule has 2 heteroatoms. The third kappa shape index (κ3) is 3.73. The largest absolute Gasteiger partial charge is 0.381 e. The highest BCUT2D eigenvalue weighted by Gasteiger charge is 1.98. The van der Waals surface area contributed by atoms with Crippen molar-refractivity contribution >= 4 is 21.6 Å². The maximum absolute atomic E-state index is 3.45. The lowest BCUT2D eigenvalue weighted by Gasteiger charge is -2.08. The fourth-order valence-corrected chi connectivity index (χ4v) is 2.48. The summed E-state index contributed by atoms with van der Waals surface area (Å²) < 4.78 is 1.11. The number of anilines is 1. The lowest BCUT2D eigenvalue weighted by molar-refractivity contribution is 1.15. The first-order valence-corrected chi connectivity index (χ1v) is 7.74. The van der Waals surface area contributed by atoms with Gasteiger partial charge >= 0.3 is 0 Å². The number of hydrogen-bond donors (Lipinski definition) is 1. The molecule has 0 saturated heterocycles. The van der Waals surface area contributed by atoms with Crippen molar-refractivity contribution in [2.24, 2.45) is 0 Å². The van der Waals surface area contributed by atoms with Gasteiger partial charge in [0.2, 0.25) is 0 Å². The van der Waals surface area contributed by atoms with Crippen LogP contribution in [0.15, 0.2) is 83.3 Å². The van der Waals surface area contributed by atoms with E-state index in [2.05, 4.69) is 94.0 Å². The summed E-state index contributed by atoms with van der Waals surface area (Å²) in [7, 11) is 0. The summed E-state index contributed by atoms with van der Waals surface area (Å²) in [5.74, 6) is 0. The second-order valence-corrected chi connectivity index (χ2v) is 5.84. The summed E-state index contributed by atoms with van der Waals surface area (Å²) in [6, 6.07) is 27.4. The van der Waals surface area contributed by atoms with E-state index in [1.165, 1.54) is 16.7 Å². The van der Waals surface area contributed by atoms with E-state index in [0.717, 1.165) is 16.7 Å². The molecule has 0 unspecified atom stereocenters. The van der Waals surface area contributed by atoms with E-state index in [-0.39, 0.29) is 0 Å². The van der Waals surface area contributed by atoms with Crippen LogP contribution in [0, 0.1) is 0 Å². The molecule has 3 rings (SSSR count). The average Bonchev–Trinajstić information content (AvgIpc) is 2.56. The summed E-state index contributed by atoms with van der Waals surface area (Å²) in [6.45, 7) is 0.831. The van der Waals surface area contributed by atoms with Crippen molar-refractivity contribution in [3.05, 3.63) is 88.9 Å². The van der Waals surface area contributed by atoms with Crippen LogP contribution in [0.2, 0.25) is 0 Å². The van der Waals surface area contributed by atoms with Crippen LogP contribution in [0.4, 0.5) is 5.69 Å². The number of benzene rings is 3. The van der Waals surface area contributed by atoms with Crippen LogP contribution in [-0.2, 0) is 6.54 Å². The molecule has 0 heterocycles. The molecule has 0 atom stereocenters. The van der Waals surface area contributed by atoms with E-state index in [0.29, 0.717) is 0 Å². The van der Waals surface area contributed by atoms with Crippen molar-refractivity contribution in [2.75, 3.05) is 5.32 Å². The second kappa shape index (κ2) is 6.59. The van der Waals surface area contributed by atoms with Gasteiger partial charge in [-0.25, -0.2) is 0 Å². The van der Waals surface area contributed by atoms with Crippen LogP contribution in [0.1, 0.15) is 5.56 Å². The maximum atomic E-state index is 3.45. The van der Waals surface area contributed by atoms with Crippen molar-refractivity contribution in [2.45, 2.75) is 6.54 Å². The van der Waals surface area contributed by atoms with Gasteiger partial charge in [-0.05, 0) is 41.0 Å². The van der Waals surface area contributed by atoms with Crippen LogP contribution in [-0.4, -0.2) is 0 Å². The zero-order valence-corrected chi connectivity index (χ0v) is 13.2. The zero-order valence-electron chi connectivity index (χ0n) is 11.6. The van der Waals surface area contributed by atoms with Gasteiger partial charge in [-0.1, -0.05) is 70.5 Å². The maximum Gasteiger partial charge on any atom is 0.0400 e. The third-order valence-corrected chi connectivity index (χ3v) is 3.93. The summed E-state index contributed by atoms with van der Waals surface area (Å²) in [5, 5.41) is 3.44. The Hall–Kier alpha value is -2.06. The highest BCUT2D eigenvalue weighted by Crippen LogP contribution is 2.21. The standard InChI is InChI=1S/C19H16BrN/c20-18-10-6-15(7-11-18)14-21-19-12-8-17(9-13-19)16-4-2-1-3-5-16/h1-13,21H,14H2. The molecule has 0 fully saturated rings. The fraction of sp³-hybridized carbons (Fsp3) is 0.0526. The minimum Gasteiger partial charge on any atom is -0.381 e. The van der Waals surface area contributed by atoms with Crippen molar-refractivity contribution in [1.29, 1.82) is 0 Å². The molecule has 0 saturated carbocycles. The van der Waals surface area contributed by atoms with Gasteiger partial charge in [-0.3, -0.25) is 0 Å². The molecule has 104 valence electrons. The summed E-state index contributed by atoms with van der Waals surface area (Å²) in [5.41, 5.74) is 4.89. The Morgan fingerprint density at radius 3 is 1.95 bits per heavy atom. The Morgan fingerprint density at radius 1 is 0.667 bits per heavy atom. The van der Waals surface area contributed by atoms with E-state index in [1.54, 1.807) is 0 Å². The van der Waals surface area contributed by atoms with Gasteiger partial charge in [0.15, 0.2) is 0 Å². The molecule has 0 bridgehead atoms. The van der Waals surface area contributed by atoms with Crippen molar-refractivity contribution < 1.29 is 0 Å². The van der Waals surface area contributed by atoms with Gasteiger partial charge in [0, 0.05) is 16.7 Å². The molecule has 0 radical (unpaired) electrons. The Bertz CT molecular complexity index is 688. The number of nitrogens with one attached hydrogen (secondary N) is 1. The van der Waals surface area contributed by atoms with Crippen molar-refractivity contribution in [3.8, 4) is 11.1 Å². The third-order valence-electron chi connectivity index (χ3n) is 3.40. The molecule has 0 aromatic heterocycles. The van der Waals surface area contributed by atoms with Crippen molar-refractivity contribution in [3.63, 3.8) is 0 Å². The molecule has 0 amide bonds. The molecule has 1 N–H and O–H groups in total. The predicted molar refractivity (Wildman–Crippen MR) is 93.3 cm³/mol. The Labute approximate surface area is 133 Å². The van der Waals surface area contributed by atoms with E-state index in [1.807, 2.05) is 6.07 Å². The van der Waals surface area contributed by atoms with E-state index in [4.69, 9.17) is 0 Å². The van der Waals surface area contributed by atoms with E-state index >= 15 is 0 Å². The summed E-state index contributed by atoms with van der Waals surface area (Å²) in [6.07, 6.45) is 0. The molecule has 3 aromatic carbocycles. The molecule has 1 nitrogen and oxygen atoms in total. The van der Waals surface area contributed by atoms with Crippen LogP contribution in [0.5, 0.6) is 0 Å². The smallest absolute Gasteiger partial charge is 0.0400 e. The lowest BCUT2D eigenvalue weighted by Crippen LogP contribution is -1.98. The van der Waals surface area contributed by atoms with Gasteiger partial charge in [-0.2, -0.15) is 0 Å². The van der Waals surface area contributed by atoms with E-state index < -0.39 is 0 Å². The molecular weight excluding hydrogens is 322 g/mol. The first kappa shape index (κ1) is 13.9.